The van der Waals surface area contributed by atoms with Crippen LogP contribution in [0.25, 0.3) is 0 Å². The number of fused-ring (bicyclic) bond motifs is 1. The number of sulfonamides is 1. The zero-order valence-corrected chi connectivity index (χ0v) is 23.2. The van der Waals surface area contributed by atoms with E-state index < -0.39 is 48.3 Å². The van der Waals surface area contributed by atoms with Gasteiger partial charge in [0.05, 0.1) is 33.6 Å². The molecule has 3 N–H and O–H groups in total. The van der Waals surface area contributed by atoms with Gasteiger partial charge in [-0.1, -0.05) is 37.4 Å². The second-order valence-electron chi connectivity index (χ2n) is 9.13. The summed E-state index contributed by atoms with van der Waals surface area (Å²) in [5.74, 6) is -1.75. The van der Waals surface area contributed by atoms with E-state index in [1.807, 2.05) is 6.92 Å². The first-order valence-electron chi connectivity index (χ1n) is 11.7. The van der Waals surface area contributed by atoms with E-state index in [2.05, 4.69) is 10.0 Å². The number of hydrogen-bond acceptors (Lipinski definition) is 8. The maximum absolute atomic E-state index is 13.7. The van der Waals surface area contributed by atoms with E-state index in [-0.39, 0.29) is 39.1 Å². The lowest BCUT2D eigenvalue weighted by molar-refractivity contribution is -0.127. The normalized spacial score (nSPS) is 18.6. The summed E-state index contributed by atoms with van der Waals surface area (Å²) in [7, 11) is -8.23. The third-order valence-electron chi connectivity index (χ3n) is 6.27. The van der Waals surface area contributed by atoms with E-state index in [1.165, 1.54) is 29.2 Å². The predicted octanol–water partition coefficient (Wildman–Crippen LogP) is 4.20. The minimum Gasteiger partial charge on any atom is -0.509 e. The average Bonchev–Trinajstić information content (AvgIpc) is 3.07. The Morgan fingerprint density at radius 2 is 1.97 bits per heavy atom. The molecule has 2 heterocycles. The van der Waals surface area contributed by atoms with Gasteiger partial charge in [-0.2, -0.15) is 5.26 Å². The first-order valence-corrected chi connectivity index (χ1v) is 15.5. The molecule has 39 heavy (non-hydrogen) atoms. The summed E-state index contributed by atoms with van der Waals surface area (Å²) < 4.78 is 66.0. The largest absolute Gasteiger partial charge is 0.509 e. The highest BCUT2D eigenvalue weighted by Gasteiger charge is 2.45. The highest BCUT2D eigenvalue weighted by Crippen LogP contribution is 2.42. The van der Waals surface area contributed by atoms with E-state index in [4.69, 9.17) is 11.6 Å². The van der Waals surface area contributed by atoms with E-state index >= 15 is 0 Å². The van der Waals surface area contributed by atoms with Crippen molar-refractivity contribution < 1.29 is 31.1 Å². The standard InChI is InChI=1S/C25H24ClFN4O6S2/c1-3-4-5-19-24(32)22(25(33)31(19)13-14-6-8-17(27)16(26)10-14)23-21(12-28)39(36,37)20-11-15(30-38(2,34)35)7-9-18(20)29-23/h6-11,19,29-30,32H,3-5,13H2,1-2H3. The van der Waals surface area contributed by atoms with Crippen molar-refractivity contribution in [1.82, 2.24) is 4.90 Å². The fraction of sp³-hybridized carbons (Fsp3) is 0.280. The first-order chi connectivity index (χ1) is 18.3. The minimum absolute atomic E-state index is 0.00924. The highest BCUT2D eigenvalue weighted by molar-refractivity contribution is 7.96. The number of hydrogen-bond donors (Lipinski definition) is 3. The number of unbranched alkanes of at least 4 members (excludes halogenated alkanes) is 1. The Labute approximate surface area is 230 Å². The Hall–Kier alpha value is -3.60. The Bertz CT molecular complexity index is 1700. The molecule has 2 aliphatic heterocycles. The molecule has 0 radical (unpaired) electrons. The summed E-state index contributed by atoms with van der Waals surface area (Å²) in [6.45, 7) is 1.87. The predicted molar refractivity (Wildman–Crippen MR) is 143 cm³/mol. The topological polar surface area (TPSA) is 157 Å². The number of carbonyl (C=O) groups is 1. The Kier molecular flexibility index (Phi) is 7.66. The maximum Gasteiger partial charge on any atom is 0.260 e. The van der Waals surface area contributed by atoms with Crippen LogP contribution in [0.2, 0.25) is 5.02 Å². The van der Waals surface area contributed by atoms with Crippen LogP contribution in [0, 0.1) is 17.1 Å². The van der Waals surface area contributed by atoms with Gasteiger partial charge in [0.1, 0.15) is 23.2 Å². The Morgan fingerprint density at radius 3 is 2.59 bits per heavy atom. The number of sulfone groups is 1. The van der Waals surface area contributed by atoms with Gasteiger partial charge in [-0.05, 0) is 42.3 Å². The number of nitriles is 1. The third-order valence-corrected chi connectivity index (χ3v) is 8.92. The monoisotopic (exact) mass is 594 g/mol. The molecule has 0 saturated carbocycles. The molecule has 10 nitrogen and oxygen atoms in total. The van der Waals surface area contributed by atoms with Gasteiger partial charge in [-0.3, -0.25) is 9.52 Å². The molecule has 2 aliphatic rings. The number of amides is 1. The van der Waals surface area contributed by atoms with Crippen molar-refractivity contribution in [3.8, 4) is 6.07 Å². The van der Waals surface area contributed by atoms with Gasteiger partial charge in [0, 0.05) is 12.2 Å². The van der Waals surface area contributed by atoms with Crippen LogP contribution < -0.4 is 10.0 Å². The van der Waals surface area contributed by atoms with E-state index in [9.17, 15) is 36.4 Å². The van der Waals surface area contributed by atoms with Crippen LogP contribution in [0.4, 0.5) is 15.8 Å². The number of anilines is 2. The fourth-order valence-electron chi connectivity index (χ4n) is 4.50. The van der Waals surface area contributed by atoms with Crippen molar-refractivity contribution in [2.24, 2.45) is 0 Å². The fourth-order valence-corrected chi connectivity index (χ4v) is 6.71. The van der Waals surface area contributed by atoms with Crippen LogP contribution in [0.15, 0.2) is 63.2 Å². The van der Waals surface area contributed by atoms with E-state index in [0.29, 0.717) is 18.4 Å². The molecule has 4 rings (SSSR count). The van der Waals surface area contributed by atoms with Crippen LogP contribution in [-0.4, -0.2) is 45.0 Å². The maximum atomic E-state index is 13.7. The average molecular weight is 595 g/mol. The lowest BCUT2D eigenvalue weighted by atomic mass is 10.1. The highest BCUT2D eigenvalue weighted by atomic mass is 35.5. The van der Waals surface area contributed by atoms with Crippen LogP contribution in [-0.2, 0) is 31.2 Å². The molecule has 0 aromatic heterocycles. The molecule has 1 atom stereocenters. The van der Waals surface area contributed by atoms with Crippen LogP contribution >= 0.6 is 11.6 Å². The molecule has 0 fully saturated rings. The smallest absolute Gasteiger partial charge is 0.260 e. The third kappa shape index (κ3) is 5.45. The Balaban J connectivity index is 1.80. The summed E-state index contributed by atoms with van der Waals surface area (Å²) >= 11 is 5.90. The van der Waals surface area contributed by atoms with Crippen LogP contribution in [0.5, 0.6) is 0 Å². The number of carbonyl (C=O) groups excluding carboxylic acids is 1. The molecule has 0 saturated heterocycles. The van der Waals surface area contributed by atoms with Crippen LogP contribution in [0.3, 0.4) is 0 Å². The number of rotatable bonds is 8. The molecule has 14 heteroatoms. The lowest BCUT2D eigenvalue weighted by Crippen LogP contribution is -2.35. The van der Waals surface area contributed by atoms with Crippen molar-refractivity contribution >= 4 is 48.7 Å². The first kappa shape index (κ1) is 28.4. The van der Waals surface area contributed by atoms with Gasteiger partial charge in [-0.25, -0.2) is 21.2 Å². The van der Waals surface area contributed by atoms with Gasteiger partial charge in [-0.15, -0.1) is 0 Å². The van der Waals surface area contributed by atoms with Crippen molar-refractivity contribution in [2.45, 2.75) is 43.7 Å². The van der Waals surface area contributed by atoms with Gasteiger partial charge in [0.2, 0.25) is 19.9 Å². The molecular formula is C25H24ClFN4O6S2. The summed E-state index contributed by atoms with van der Waals surface area (Å²) in [4.78, 5) is 13.8. The minimum atomic E-state index is -4.52. The molecule has 0 aliphatic carbocycles. The molecule has 1 unspecified atom stereocenters. The summed E-state index contributed by atoms with van der Waals surface area (Å²) in [5, 5.41) is 23.7. The van der Waals surface area contributed by atoms with E-state index in [1.54, 1.807) is 6.07 Å². The van der Waals surface area contributed by atoms with Gasteiger partial charge in [0.25, 0.3) is 5.91 Å². The number of allylic oxidation sites excluding steroid dienone is 1. The Morgan fingerprint density at radius 1 is 1.26 bits per heavy atom. The van der Waals surface area contributed by atoms with Gasteiger partial charge in [0.15, 0.2) is 4.91 Å². The van der Waals surface area contributed by atoms with Gasteiger partial charge < -0.3 is 15.3 Å². The second-order valence-corrected chi connectivity index (χ2v) is 13.1. The summed E-state index contributed by atoms with van der Waals surface area (Å²) in [5.41, 5.74) is -0.304. The number of nitrogens with one attached hydrogen (secondary N) is 2. The molecular weight excluding hydrogens is 571 g/mol. The number of nitrogens with zero attached hydrogens (tertiary/aromatic N) is 2. The van der Waals surface area contributed by atoms with Crippen molar-refractivity contribution in [3.63, 3.8) is 0 Å². The summed E-state index contributed by atoms with van der Waals surface area (Å²) in [6, 6.07) is 8.43. The van der Waals surface area contributed by atoms with E-state index in [0.717, 1.165) is 24.8 Å². The molecule has 206 valence electrons. The second kappa shape index (κ2) is 10.5. The zero-order valence-electron chi connectivity index (χ0n) is 20.8. The summed E-state index contributed by atoms with van der Waals surface area (Å²) in [6.07, 6.45) is 2.63. The quantitative estimate of drug-likeness (QED) is 0.410. The zero-order chi connectivity index (χ0) is 28.7. The lowest BCUT2D eigenvalue weighted by Gasteiger charge is -2.26. The van der Waals surface area contributed by atoms with Crippen molar-refractivity contribution in [3.05, 3.63) is 74.7 Å². The molecule has 0 spiro atoms. The SMILES string of the molecule is CCCCC1C(O)=C(C2=C(C#N)S(=O)(=O)c3cc(NS(C)(=O)=O)ccc3N2)C(=O)N1Cc1ccc(F)c(Cl)c1. The molecule has 0 bridgehead atoms. The van der Waals surface area contributed by atoms with Crippen molar-refractivity contribution in [1.29, 1.82) is 5.26 Å². The van der Waals surface area contributed by atoms with Crippen molar-refractivity contribution in [2.75, 3.05) is 16.3 Å². The number of benzene rings is 2. The molecule has 1 amide bonds. The number of aliphatic hydroxyl groups is 1. The molecule has 2 aromatic carbocycles. The number of halogens is 2. The molecule has 2 aromatic rings. The van der Waals surface area contributed by atoms with Gasteiger partial charge >= 0.3 is 0 Å². The number of aliphatic hydroxyl groups excluding tert-OH is 1. The van der Waals surface area contributed by atoms with Crippen LogP contribution in [0.1, 0.15) is 31.7 Å².